The van der Waals surface area contributed by atoms with Gasteiger partial charge in [0.25, 0.3) is 0 Å². The summed E-state index contributed by atoms with van der Waals surface area (Å²) in [6.45, 7) is 8.83. The number of aromatic nitrogens is 2. The summed E-state index contributed by atoms with van der Waals surface area (Å²) >= 11 is 0. The Balaban J connectivity index is 2.06. The zero-order chi connectivity index (χ0) is 17.5. The van der Waals surface area contributed by atoms with Crippen molar-refractivity contribution in [2.75, 3.05) is 11.9 Å². The van der Waals surface area contributed by atoms with Gasteiger partial charge in [-0.05, 0) is 44.4 Å². The number of nitrogens with zero attached hydrogens (tertiary/aromatic N) is 2. The van der Waals surface area contributed by atoms with Crippen LogP contribution >= 0.6 is 0 Å². The van der Waals surface area contributed by atoms with Crippen molar-refractivity contribution in [3.05, 3.63) is 41.6 Å². The Bertz CT molecular complexity index is 658. The number of amides is 1. The molecule has 0 fully saturated rings. The van der Waals surface area contributed by atoms with Crippen LogP contribution in [0.3, 0.4) is 0 Å². The second-order valence-corrected chi connectivity index (χ2v) is 5.89. The monoisotopic (exact) mass is 329 g/mol. The van der Waals surface area contributed by atoms with Crippen molar-refractivity contribution in [2.45, 2.75) is 53.0 Å². The van der Waals surface area contributed by atoms with Gasteiger partial charge in [-0.1, -0.05) is 26.0 Å². The van der Waals surface area contributed by atoms with Gasteiger partial charge in [-0.3, -0.25) is 4.79 Å². The molecular formula is C19H27N3O2. The van der Waals surface area contributed by atoms with Crippen LogP contribution in [-0.2, 0) is 11.2 Å². The van der Waals surface area contributed by atoms with Crippen LogP contribution in [0.1, 0.15) is 50.8 Å². The molecule has 130 valence electrons. The Hall–Kier alpha value is -2.30. The highest BCUT2D eigenvalue weighted by molar-refractivity contribution is 5.92. The molecular weight excluding hydrogens is 302 g/mol. The number of rotatable bonds is 8. The van der Waals surface area contributed by atoms with E-state index >= 15 is 0 Å². The molecule has 0 bridgehead atoms. The third kappa shape index (κ3) is 4.37. The first-order valence-corrected chi connectivity index (χ1v) is 8.64. The number of ether oxygens (including phenoxy) is 1. The Morgan fingerprint density at radius 1 is 1.21 bits per heavy atom. The highest BCUT2D eigenvalue weighted by atomic mass is 16.5. The molecule has 1 aromatic heterocycles. The molecule has 2 aromatic rings. The van der Waals surface area contributed by atoms with Crippen molar-refractivity contribution in [3.63, 3.8) is 0 Å². The normalized spacial score (nSPS) is 10.9. The van der Waals surface area contributed by atoms with Gasteiger partial charge in [0.15, 0.2) is 0 Å². The Labute approximate surface area is 144 Å². The van der Waals surface area contributed by atoms with E-state index in [1.165, 1.54) is 0 Å². The fourth-order valence-electron chi connectivity index (χ4n) is 2.75. The fourth-order valence-corrected chi connectivity index (χ4v) is 2.75. The highest BCUT2D eigenvalue weighted by Gasteiger charge is 2.16. The molecule has 0 saturated heterocycles. The highest BCUT2D eigenvalue weighted by Crippen LogP contribution is 2.23. The fraction of sp³-hybridized carbons (Fsp3) is 0.474. The van der Waals surface area contributed by atoms with Gasteiger partial charge < -0.3 is 10.1 Å². The molecule has 1 heterocycles. The van der Waals surface area contributed by atoms with Crippen molar-refractivity contribution in [3.8, 4) is 5.75 Å². The molecule has 5 heteroatoms. The molecule has 0 spiro atoms. The van der Waals surface area contributed by atoms with Gasteiger partial charge in [0.2, 0.25) is 5.91 Å². The van der Waals surface area contributed by atoms with Crippen LogP contribution in [0.5, 0.6) is 5.75 Å². The molecule has 1 aromatic carbocycles. The Kier molecular flexibility index (Phi) is 6.41. The minimum absolute atomic E-state index is 0.0324. The van der Waals surface area contributed by atoms with E-state index in [1.54, 1.807) is 0 Å². The van der Waals surface area contributed by atoms with Gasteiger partial charge in [0.05, 0.1) is 25.3 Å². The molecule has 1 amide bonds. The number of hydrogen-bond donors (Lipinski definition) is 1. The van der Waals surface area contributed by atoms with Crippen LogP contribution in [-0.4, -0.2) is 22.3 Å². The molecule has 0 aliphatic rings. The van der Waals surface area contributed by atoms with Crippen LogP contribution in [0.2, 0.25) is 0 Å². The number of nitrogens with one attached hydrogen (secondary N) is 1. The minimum Gasteiger partial charge on any atom is -0.494 e. The van der Waals surface area contributed by atoms with E-state index in [9.17, 15) is 4.79 Å². The lowest BCUT2D eigenvalue weighted by atomic mass is 10.1. The van der Waals surface area contributed by atoms with Crippen molar-refractivity contribution >= 4 is 11.7 Å². The maximum atomic E-state index is 12.4. The van der Waals surface area contributed by atoms with Crippen LogP contribution in [0, 0.1) is 6.92 Å². The second-order valence-electron chi connectivity index (χ2n) is 5.89. The lowest BCUT2D eigenvalue weighted by molar-refractivity contribution is -0.115. The average Bonchev–Trinajstić information content (AvgIpc) is 2.92. The first-order chi connectivity index (χ1) is 11.6. The summed E-state index contributed by atoms with van der Waals surface area (Å²) in [5.41, 5.74) is 1.95. The van der Waals surface area contributed by atoms with Crippen molar-refractivity contribution in [2.24, 2.45) is 0 Å². The van der Waals surface area contributed by atoms with E-state index in [4.69, 9.17) is 4.74 Å². The van der Waals surface area contributed by atoms with Gasteiger partial charge >= 0.3 is 0 Å². The third-order valence-electron chi connectivity index (χ3n) is 4.12. The lowest BCUT2D eigenvalue weighted by Crippen LogP contribution is -2.20. The molecule has 2 rings (SSSR count). The maximum absolute atomic E-state index is 12.4. The van der Waals surface area contributed by atoms with Crippen molar-refractivity contribution in [1.29, 1.82) is 0 Å². The zero-order valence-corrected chi connectivity index (χ0v) is 15.0. The number of anilines is 1. The number of aryl methyl sites for hydroxylation is 1. The first kappa shape index (κ1) is 18.0. The topological polar surface area (TPSA) is 56.1 Å². The van der Waals surface area contributed by atoms with E-state index < -0.39 is 0 Å². The molecule has 0 atom stereocenters. The molecule has 0 radical (unpaired) electrons. The van der Waals surface area contributed by atoms with Crippen LogP contribution < -0.4 is 10.1 Å². The molecule has 0 aliphatic carbocycles. The van der Waals surface area contributed by atoms with E-state index in [1.807, 2.05) is 49.0 Å². The number of carbonyl (C=O) groups is 1. The van der Waals surface area contributed by atoms with Gasteiger partial charge in [-0.25, -0.2) is 4.68 Å². The predicted molar refractivity (Wildman–Crippen MR) is 96.5 cm³/mol. The lowest BCUT2D eigenvalue weighted by Gasteiger charge is -2.17. The molecule has 5 nitrogen and oxygen atoms in total. The van der Waals surface area contributed by atoms with Gasteiger partial charge in [-0.15, -0.1) is 0 Å². The molecule has 0 unspecified atom stereocenters. The van der Waals surface area contributed by atoms with Crippen molar-refractivity contribution < 1.29 is 9.53 Å². The number of carbonyl (C=O) groups excluding carboxylic acids is 1. The summed E-state index contributed by atoms with van der Waals surface area (Å²) in [6, 6.07) is 7.95. The second kappa shape index (κ2) is 8.52. The predicted octanol–water partition coefficient (Wildman–Crippen LogP) is 4.13. The molecule has 24 heavy (non-hydrogen) atoms. The largest absolute Gasteiger partial charge is 0.494 e. The van der Waals surface area contributed by atoms with Crippen LogP contribution in [0.25, 0.3) is 0 Å². The van der Waals surface area contributed by atoms with Crippen LogP contribution in [0.15, 0.2) is 30.5 Å². The van der Waals surface area contributed by atoms with E-state index in [0.29, 0.717) is 19.1 Å². The zero-order valence-electron chi connectivity index (χ0n) is 15.0. The quantitative estimate of drug-likeness (QED) is 0.792. The van der Waals surface area contributed by atoms with Crippen LogP contribution in [0.4, 0.5) is 5.82 Å². The van der Waals surface area contributed by atoms with E-state index in [0.717, 1.165) is 35.5 Å². The molecule has 0 saturated carbocycles. The minimum atomic E-state index is -0.0324. The molecule has 0 aliphatic heterocycles. The first-order valence-electron chi connectivity index (χ1n) is 8.64. The van der Waals surface area contributed by atoms with Crippen molar-refractivity contribution in [1.82, 2.24) is 9.78 Å². The smallest absolute Gasteiger partial charge is 0.229 e. The summed E-state index contributed by atoms with van der Waals surface area (Å²) in [7, 11) is 0. The summed E-state index contributed by atoms with van der Waals surface area (Å²) in [5, 5.41) is 7.46. The maximum Gasteiger partial charge on any atom is 0.229 e. The number of benzene rings is 1. The number of hydrogen-bond acceptors (Lipinski definition) is 3. The average molecular weight is 329 g/mol. The van der Waals surface area contributed by atoms with Gasteiger partial charge in [0, 0.05) is 5.56 Å². The Morgan fingerprint density at radius 3 is 2.46 bits per heavy atom. The Morgan fingerprint density at radius 2 is 1.88 bits per heavy atom. The van der Waals surface area contributed by atoms with Gasteiger partial charge in [0.1, 0.15) is 11.6 Å². The summed E-state index contributed by atoms with van der Waals surface area (Å²) in [5.74, 6) is 1.60. The third-order valence-corrected chi connectivity index (χ3v) is 4.12. The SMILES string of the molecule is CCOc1ccc(CC(=O)Nc2c(C)cnn2C(CC)CC)cc1. The summed E-state index contributed by atoms with van der Waals surface area (Å²) < 4.78 is 7.36. The standard InChI is InChI=1S/C19H27N3O2/c1-5-16(6-2)22-19(14(4)13-20-22)21-18(23)12-15-8-10-17(11-9-15)24-7-3/h8-11,13,16H,5-7,12H2,1-4H3,(H,21,23). The summed E-state index contributed by atoms with van der Waals surface area (Å²) in [4.78, 5) is 12.4. The van der Waals surface area contributed by atoms with Gasteiger partial charge in [-0.2, -0.15) is 5.10 Å². The van der Waals surface area contributed by atoms with E-state index in [2.05, 4.69) is 24.3 Å². The molecule has 1 N–H and O–H groups in total. The van der Waals surface area contributed by atoms with E-state index in [-0.39, 0.29) is 5.91 Å². The summed E-state index contributed by atoms with van der Waals surface area (Å²) in [6.07, 6.45) is 4.11.